The number of nitro benzene ring substituents is 1. The van der Waals surface area contributed by atoms with Crippen molar-refractivity contribution in [3.8, 4) is 5.75 Å². The van der Waals surface area contributed by atoms with Gasteiger partial charge in [0.15, 0.2) is 0 Å². The van der Waals surface area contributed by atoms with Gasteiger partial charge in [0, 0.05) is 39.8 Å². The molecule has 0 saturated heterocycles. The molecule has 0 fully saturated rings. The zero-order valence-electron chi connectivity index (χ0n) is 21.8. The van der Waals surface area contributed by atoms with Gasteiger partial charge in [0.2, 0.25) is 21.8 Å². The van der Waals surface area contributed by atoms with Crippen molar-refractivity contribution in [2.45, 2.75) is 45.8 Å². The number of anilines is 1. The van der Waals surface area contributed by atoms with Crippen LogP contribution in [0, 0.1) is 10.1 Å². The van der Waals surface area contributed by atoms with Crippen molar-refractivity contribution in [1.82, 2.24) is 10.2 Å². The summed E-state index contributed by atoms with van der Waals surface area (Å²) in [4.78, 5) is 38.6. The Bertz CT molecular complexity index is 1310. The Labute approximate surface area is 231 Å². The molecule has 0 heterocycles. The lowest BCUT2D eigenvalue weighted by Crippen LogP contribution is -2.54. The fourth-order valence-electron chi connectivity index (χ4n) is 3.49. The normalized spacial score (nSPS) is 12.4. The smallest absolute Gasteiger partial charge is 0.271 e. The number of methoxy groups -OCH3 is 1. The molecule has 2 aromatic rings. The van der Waals surface area contributed by atoms with Crippen LogP contribution in [-0.2, 0) is 26.2 Å². The molecule has 1 atom stereocenters. The third kappa shape index (κ3) is 7.95. The monoisotopic (exact) mass is 588 g/mol. The molecule has 0 aliphatic rings. The van der Waals surface area contributed by atoms with E-state index in [1.54, 1.807) is 39.0 Å². The minimum Gasteiger partial charge on any atom is -0.495 e. The molecule has 1 unspecified atom stereocenters. The van der Waals surface area contributed by atoms with E-state index in [4.69, 9.17) is 27.9 Å². The number of benzene rings is 2. The SMILES string of the molecule is COc1ccc([N+](=O)[O-])cc1N(CC(=O)N(Cc1c(Cl)cccc1Cl)C(C)C(=O)NC(C)(C)C)S(C)(=O)=O. The number of carbonyl (C=O) groups excluding carboxylic acids is 2. The second kappa shape index (κ2) is 12.2. The fourth-order valence-corrected chi connectivity index (χ4v) is 4.85. The van der Waals surface area contributed by atoms with Crippen molar-refractivity contribution < 1.29 is 27.7 Å². The van der Waals surface area contributed by atoms with Gasteiger partial charge in [0.05, 0.1) is 18.3 Å². The highest BCUT2D eigenvalue weighted by Gasteiger charge is 2.33. The summed E-state index contributed by atoms with van der Waals surface area (Å²) in [6.45, 7) is 5.81. The number of ether oxygens (including phenoxy) is 1. The number of nitrogens with one attached hydrogen (secondary N) is 1. The maximum absolute atomic E-state index is 13.7. The lowest BCUT2D eigenvalue weighted by Gasteiger charge is -2.33. The molecule has 2 amide bonds. The minimum absolute atomic E-state index is 0.00644. The molecule has 0 saturated carbocycles. The van der Waals surface area contributed by atoms with Crippen LogP contribution in [0.3, 0.4) is 0 Å². The summed E-state index contributed by atoms with van der Waals surface area (Å²) in [6.07, 6.45) is 0.851. The Morgan fingerprint density at radius 2 is 1.74 bits per heavy atom. The first-order valence-electron chi connectivity index (χ1n) is 11.3. The van der Waals surface area contributed by atoms with E-state index in [0.29, 0.717) is 9.87 Å². The average Bonchev–Trinajstić information content (AvgIpc) is 2.79. The van der Waals surface area contributed by atoms with Crippen LogP contribution in [0.25, 0.3) is 0 Å². The third-order valence-corrected chi connectivity index (χ3v) is 7.21. The summed E-state index contributed by atoms with van der Waals surface area (Å²) in [7, 11) is -2.89. The number of carbonyl (C=O) groups is 2. The lowest BCUT2D eigenvalue weighted by molar-refractivity contribution is -0.384. The molecule has 2 aromatic carbocycles. The van der Waals surface area contributed by atoms with Gasteiger partial charge in [-0.15, -0.1) is 0 Å². The summed E-state index contributed by atoms with van der Waals surface area (Å²) in [6, 6.07) is 7.08. The van der Waals surface area contributed by atoms with Crippen LogP contribution in [0.15, 0.2) is 36.4 Å². The summed E-state index contributed by atoms with van der Waals surface area (Å²) < 4.78 is 31.5. The number of nitro groups is 1. The first-order valence-corrected chi connectivity index (χ1v) is 13.9. The van der Waals surface area contributed by atoms with E-state index in [-0.39, 0.29) is 28.0 Å². The highest BCUT2D eigenvalue weighted by atomic mass is 35.5. The molecular formula is C24H30Cl2N4O7S. The standard InChI is InChI=1S/C24H30Cl2N4O7S/c1-15(23(32)27-24(2,3)4)28(13-17-18(25)8-7-9-19(17)26)22(31)14-29(38(6,35)36)20-12-16(30(33)34)10-11-21(20)37-5/h7-12,15H,13-14H2,1-6H3,(H,27,32). The van der Waals surface area contributed by atoms with Crippen molar-refractivity contribution >= 4 is 56.4 Å². The van der Waals surface area contributed by atoms with Gasteiger partial charge < -0.3 is 15.0 Å². The van der Waals surface area contributed by atoms with Crippen molar-refractivity contribution in [2.75, 3.05) is 24.2 Å². The second-order valence-electron chi connectivity index (χ2n) is 9.52. The molecular weight excluding hydrogens is 559 g/mol. The molecule has 0 aromatic heterocycles. The molecule has 1 N–H and O–H groups in total. The predicted molar refractivity (Wildman–Crippen MR) is 146 cm³/mol. The van der Waals surface area contributed by atoms with Gasteiger partial charge in [-0.2, -0.15) is 0 Å². The number of rotatable bonds is 10. The van der Waals surface area contributed by atoms with E-state index in [1.165, 1.54) is 20.1 Å². The third-order valence-electron chi connectivity index (χ3n) is 5.38. The van der Waals surface area contributed by atoms with Crippen LogP contribution in [0.1, 0.15) is 33.3 Å². The largest absolute Gasteiger partial charge is 0.495 e. The fraction of sp³-hybridized carbons (Fsp3) is 0.417. The molecule has 0 bridgehead atoms. The van der Waals surface area contributed by atoms with Crippen LogP contribution in [-0.4, -0.2) is 61.5 Å². The van der Waals surface area contributed by atoms with Gasteiger partial charge in [-0.3, -0.25) is 24.0 Å². The number of sulfonamides is 1. The average molecular weight is 589 g/mol. The van der Waals surface area contributed by atoms with Crippen molar-refractivity contribution in [1.29, 1.82) is 0 Å². The number of hydrogen-bond donors (Lipinski definition) is 1. The first kappa shape index (κ1) is 31.1. The van der Waals surface area contributed by atoms with E-state index < -0.39 is 50.6 Å². The first-order chi connectivity index (χ1) is 17.5. The van der Waals surface area contributed by atoms with Gasteiger partial charge in [-0.25, -0.2) is 8.42 Å². The van der Waals surface area contributed by atoms with Crippen LogP contribution in [0.4, 0.5) is 11.4 Å². The van der Waals surface area contributed by atoms with Gasteiger partial charge >= 0.3 is 0 Å². The van der Waals surface area contributed by atoms with Crippen LogP contribution in [0.5, 0.6) is 5.75 Å². The zero-order valence-corrected chi connectivity index (χ0v) is 24.1. The van der Waals surface area contributed by atoms with E-state index in [1.807, 2.05) is 0 Å². The topological polar surface area (TPSA) is 139 Å². The maximum Gasteiger partial charge on any atom is 0.271 e. The molecule has 11 nitrogen and oxygen atoms in total. The highest BCUT2D eigenvalue weighted by molar-refractivity contribution is 7.92. The van der Waals surface area contributed by atoms with Gasteiger partial charge in [0.25, 0.3) is 5.69 Å². The quantitative estimate of drug-likeness (QED) is 0.326. The number of halogens is 2. The van der Waals surface area contributed by atoms with Gasteiger partial charge in [0.1, 0.15) is 24.0 Å². The number of amides is 2. The molecule has 14 heteroatoms. The molecule has 0 spiro atoms. The van der Waals surface area contributed by atoms with E-state index in [0.717, 1.165) is 23.3 Å². The summed E-state index contributed by atoms with van der Waals surface area (Å²) in [5.74, 6) is -1.28. The highest BCUT2D eigenvalue weighted by Crippen LogP contribution is 2.34. The molecule has 38 heavy (non-hydrogen) atoms. The van der Waals surface area contributed by atoms with E-state index in [2.05, 4.69) is 5.32 Å². The number of non-ortho nitro benzene ring substituents is 1. The number of hydrogen-bond acceptors (Lipinski definition) is 7. The van der Waals surface area contributed by atoms with Crippen LogP contribution >= 0.6 is 23.2 Å². The Hall–Kier alpha value is -3.09. The maximum atomic E-state index is 13.7. The second-order valence-corrected chi connectivity index (χ2v) is 12.2. The summed E-state index contributed by atoms with van der Waals surface area (Å²) in [5, 5.41) is 14.6. The van der Waals surface area contributed by atoms with Crippen LogP contribution in [0.2, 0.25) is 10.0 Å². The Morgan fingerprint density at radius 1 is 1.16 bits per heavy atom. The molecule has 0 aliphatic heterocycles. The van der Waals surface area contributed by atoms with Crippen molar-refractivity contribution in [3.63, 3.8) is 0 Å². The molecule has 208 valence electrons. The lowest BCUT2D eigenvalue weighted by atomic mass is 10.1. The minimum atomic E-state index is -4.15. The Morgan fingerprint density at radius 3 is 2.21 bits per heavy atom. The Balaban J connectivity index is 2.59. The summed E-state index contributed by atoms with van der Waals surface area (Å²) in [5.41, 5.74) is -0.866. The van der Waals surface area contributed by atoms with Gasteiger partial charge in [-0.1, -0.05) is 29.3 Å². The molecule has 2 rings (SSSR count). The molecule has 0 aliphatic carbocycles. The van der Waals surface area contributed by atoms with Crippen molar-refractivity contribution in [3.05, 3.63) is 62.1 Å². The Kier molecular flexibility index (Phi) is 9.98. The predicted octanol–water partition coefficient (Wildman–Crippen LogP) is 4.01. The summed E-state index contributed by atoms with van der Waals surface area (Å²) >= 11 is 12.6. The van der Waals surface area contributed by atoms with Crippen LogP contribution < -0.4 is 14.4 Å². The van der Waals surface area contributed by atoms with E-state index in [9.17, 15) is 28.1 Å². The zero-order chi connectivity index (χ0) is 29.0. The van der Waals surface area contributed by atoms with Gasteiger partial charge in [-0.05, 0) is 45.9 Å². The van der Waals surface area contributed by atoms with Crippen molar-refractivity contribution in [2.24, 2.45) is 0 Å². The number of nitrogens with zero attached hydrogens (tertiary/aromatic N) is 3. The van der Waals surface area contributed by atoms with E-state index >= 15 is 0 Å². The molecule has 0 radical (unpaired) electrons.